The van der Waals surface area contributed by atoms with Gasteiger partial charge in [-0.25, -0.2) is 0 Å². The Balaban J connectivity index is 1.17. The van der Waals surface area contributed by atoms with E-state index < -0.39 is 5.60 Å². The van der Waals surface area contributed by atoms with Gasteiger partial charge in [0.05, 0.1) is 29.7 Å². The van der Waals surface area contributed by atoms with Crippen molar-refractivity contribution in [2.45, 2.75) is 31.3 Å². The molecule has 3 aliphatic rings. The first-order valence-electron chi connectivity index (χ1n) is 10.5. The van der Waals surface area contributed by atoms with Gasteiger partial charge in [0.2, 0.25) is 5.91 Å². The van der Waals surface area contributed by atoms with Crippen molar-refractivity contribution in [2.75, 3.05) is 19.6 Å². The minimum Gasteiger partial charge on any atom is -0.484 e. The maximum Gasteiger partial charge on any atom is 0.261 e. The highest BCUT2D eigenvalue weighted by atomic mass is 16.5. The molecule has 3 heterocycles. The Morgan fingerprint density at radius 1 is 0.935 bits per heavy atom. The van der Waals surface area contributed by atoms with E-state index in [1.54, 1.807) is 41.3 Å². The summed E-state index contributed by atoms with van der Waals surface area (Å²) in [5, 5.41) is 0. The summed E-state index contributed by atoms with van der Waals surface area (Å²) < 4.78 is 6.17. The number of carbonyl (C=O) groups excluding carboxylic acids is 4. The van der Waals surface area contributed by atoms with E-state index in [-0.39, 0.29) is 42.9 Å². The molecule has 7 heteroatoms. The van der Waals surface area contributed by atoms with Gasteiger partial charge in [0.1, 0.15) is 11.4 Å². The van der Waals surface area contributed by atoms with Gasteiger partial charge in [0.15, 0.2) is 5.78 Å². The Morgan fingerprint density at radius 2 is 1.58 bits per heavy atom. The maximum absolute atomic E-state index is 12.8. The summed E-state index contributed by atoms with van der Waals surface area (Å²) in [4.78, 5) is 53.1. The average molecular weight is 418 g/mol. The summed E-state index contributed by atoms with van der Waals surface area (Å²) in [7, 11) is 0. The van der Waals surface area contributed by atoms with Gasteiger partial charge in [-0.15, -0.1) is 0 Å². The Labute approximate surface area is 179 Å². The quantitative estimate of drug-likeness (QED) is 0.713. The molecule has 31 heavy (non-hydrogen) atoms. The lowest BCUT2D eigenvalue weighted by Gasteiger charge is -2.34. The number of benzene rings is 2. The highest BCUT2D eigenvalue weighted by molar-refractivity contribution is 6.21. The number of ketones is 1. The predicted molar refractivity (Wildman–Crippen MR) is 111 cm³/mol. The lowest BCUT2D eigenvalue weighted by molar-refractivity contribution is -0.131. The van der Waals surface area contributed by atoms with E-state index >= 15 is 0 Å². The zero-order valence-electron chi connectivity index (χ0n) is 17.0. The average Bonchev–Trinajstić information content (AvgIpc) is 3.28. The Kier molecular flexibility index (Phi) is 4.61. The molecule has 0 aliphatic carbocycles. The van der Waals surface area contributed by atoms with Crippen LogP contribution in [0.5, 0.6) is 5.75 Å². The van der Waals surface area contributed by atoms with Crippen LogP contribution in [0.25, 0.3) is 0 Å². The highest BCUT2D eigenvalue weighted by Crippen LogP contribution is 2.38. The van der Waals surface area contributed by atoms with Gasteiger partial charge in [-0.2, -0.15) is 0 Å². The number of fused-ring (bicyclic) bond motifs is 2. The number of ether oxygens (including phenoxy) is 1. The van der Waals surface area contributed by atoms with E-state index in [1.807, 2.05) is 12.1 Å². The van der Waals surface area contributed by atoms with Gasteiger partial charge in [-0.3, -0.25) is 24.1 Å². The molecule has 1 atom stereocenters. The molecule has 2 aromatic carbocycles. The summed E-state index contributed by atoms with van der Waals surface area (Å²) in [6.45, 7) is 1.11. The fraction of sp³-hybridized carbons (Fsp3) is 0.333. The molecule has 5 rings (SSSR count). The van der Waals surface area contributed by atoms with Crippen LogP contribution in [0.15, 0.2) is 48.5 Å². The molecule has 0 saturated carbocycles. The van der Waals surface area contributed by atoms with Gasteiger partial charge in [-0.1, -0.05) is 24.3 Å². The Hall–Kier alpha value is -3.48. The standard InChI is InChI=1S/C24H22N2O5/c27-19-14-24(31-20-9-4-3-8-18(19)20)11-13-25(15-24)21(28)10-5-12-26-22(29)16-6-1-2-7-17(16)23(26)30/h1-4,6-9H,5,10-15H2. The molecule has 1 spiro atoms. The number of para-hydroxylation sites is 1. The second-order valence-electron chi connectivity index (χ2n) is 8.36. The molecule has 1 fully saturated rings. The first-order valence-corrected chi connectivity index (χ1v) is 10.5. The van der Waals surface area contributed by atoms with Gasteiger partial charge in [0, 0.05) is 25.9 Å². The number of imide groups is 1. The number of amides is 3. The molecular formula is C24H22N2O5. The normalized spacial score (nSPS) is 22.0. The first kappa shape index (κ1) is 19.5. The van der Waals surface area contributed by atoms with Crippen LogP contribution in [0.3, 0.4) is 0 Å². The van der Waals surface area contributed by atoms with E-state index in [4.69, 9.17) is 4.74 Å². The van der Waals surface area contributed by atoms with Gasteiger partial charge in [0.25, 0.3) is 11.8 Å². The van der Waals surface area contributed by atoms with Gasteiger partial charge >= 0.3 is 0 Å². The number of rotatable bonds is 4. The molecular weight excluding hydrogens is 396 g/mol. The molecule has 3 aliphatic heterocycles. The van der Waals surface area contributed by atoms with Crippen LogP contribution in [0.1, 0.15) is 56.8 Å². The van der Waals surface area contributed by atoms with Crippen molar-refractivity contribution in [3.05, 3.63) is 65.2 Å². The van der Waals surface area contributed by atoms with E-state index in [0.717, 1.165) is 0 Å². The third kappa shape index (κ3) is 3.30. The van der Waals surface area contributed by atoms with Crippen molar-refractivity contribution in [2.24, 2.45) is 0 Å². The molecule has 1 unspecified atom stereocenters. The topological polar surface area (TPSA) is 84.0 Å². The number of hydrogen-bond acceptors (Lipinski definition) is 5. The van der Waals surface area contributed by atoms with E-state index in [9.17, 15) is 19.2 Å². The van der Waals surface area contributed by atoms with Gasteiger partial charge < -0.3 is 9.64 Å². The van der Waals surface area contributed by atoms with E-state index in [0.29, 0.717) is 48.4 Å². The van der Waals surface area contributed by atoms with Crippen LogP contribution in [-0.4, -0.2) is 58.5 Å². The summed E-state index contributed by atoms with van der Waals surface area (Å²) in [5.41, 5.74) is 0.766. The molecule has 2 aromatic rings. The molecule has 3 amide bonds. The summed E-state index contributed by atoms with van der Waals surface area (Å²) >= 11 is 0. The smallest absolute Gasteiger partial charge is 0.261 e. The van der Waals surface area contributed by atoms with Crippen molar-refractivity contribution < 1.29 is 23.9 Å². The number of likely N-dealkylation sites (tertiary alicyclic amines) is 1. The summed E-state index contributed by atoms with van der Waals surface area (Å²) in [6.07, 6.45) is 1.50. The van der Waals surface area contributed by atoms with Crippen molar-refractivity contribution in [1.29, 1.82) is 0 Å². The van der Waals surface area contributed by atoms with Gasteiger partial charge in [-0.05, 0) is 30.7 Å². The van der Waals surface area contributed by atoms with E-state index in [1.165, 1.54) is 4.90 Å². The van der Waals surface area contributed by atoms with Crippen molar-refractivity contribution in [3.8, 4) is 5.75 Å². The number of nitrogens with zero attached hydrogens (tertiary/aromatic N) is 2. The van der Waals surface area contributed by atoms with Crippen LogP contribution in [-0.2, 0) is 4.79 Å². The largest absolute Gasteiger partial charge is 0.484 e. The van der Waals surface area contributed by atoms with Crippen LogP contribution >= 0.6 is 0 Å². The molecule has 158 valence electrons. The zero-order chi connectivity index (χ0) is 21.6. The fourth-order valence-electron chi connectivity index (χ4n) is 4.72. The summed E-state index contributed by atoms with van der Waals surface area (Å²) in [6, 6.07) is 14.0. The Bertz CT molecular complexity index is 1080. The fourth-order valence-corrected chi connectivity index (χ4v) is 4.72. The monoisotopic (exact) mass is 418 g/mol. The lowest BCUT2D eigenvalue weighted by atomic mass is 9.89. The SMILES string of the molecule is O=C1CC2(CCN(C(=O)CCCN3C(=O)c4ccccc4C3=O)C2)Oc2ccccc21. The number of Topliss-reactive ketones (excluding diaryl/α,β-unsaturated/α-hetero) is 1. The third-order valence-electron chi connectivity index (χ3n) is 6.32. The zero-order valence-corrected chi connectivity index (χ0v) is 17.0. The van der Waals surface area contributed by atoms with Crippen molar-refractivity contribution in [1.82, 2.24) is 9.80 Å². The highest BCUT2D eigenvalue weighted by Gasteiger charge is 2.46. The molecule has 0 aromatic heterocycles. The number of carbonyl (C=O) groups is 4. The minimum atomic E-state index is -0.663. The molecule has 0 N–H and O–H groups in total. The molecule has 7 nitrogen and oxygen atoms in total. The predicted octanol–water partition coefficient (Wildman–Crippen LogP) is 2.70. The first-order chi connectivity index (χ1) is 15.0. The van der Waals surface area contributed by atoms with Crippen LogP contribution in [0.2, 0.25) is 0 Å². The maximum atomic E-state index is 12.8. The molecule has 1 saturated heterocycles. The second kappa shape index (κ2) is 7.34. The Morgan fingerprint density at radius 3 is 2.29 bits per heavy atom. The molecule has 0 radical (unpaired) electrons. The van der Waals surface area contributed by atoms with Crippen LogP contribution in [0.4, 0.5) is 0 Å². The van der Waals surface area contributed by atoms with Crippen molar-refractivity contribution in [3.63, 3.8) is 0 Å². The third-order valence-corrected chi connectivity index (χ3v) is 6.32. The summed E-state index contributed by atoms with van der Waals surface area (Å²) in [5.74, 6) is -0.0363. The molecule has 0 bridgehead atoms. The second-order valence-corrected chi connectivity index (χ2v) is 8.36. The van der Waals surface area contributed by atoms with Crippen molar-refractivity contribution >= 4 is 23.5 Å². The van der Waals surface area contributed by atoms with Crippen LogP contribution in [0, 0.1) is 0 Å². The van der Waals surface area contributed by atoms with E-state index in [2.05, 4.69) is 0 Å². The number of hydrogen-bond donors (Lipinski definition) is 0. The van der Waals surface area contributed by atoms with Crippen LogP contribution < -0.4 is 4.74 Å². The lowest BCUT2D eigenvalue weighted by Crippen LogP contribution is -2.45. The minimum absolute atomic E-state index is 0.0433.